The van der Waals surface area contributed by atoms with Gasteiger partial charge in [0.05, 0.1) is 45.5 Å². The zero-order chi connectivity index (χ0) is 29.0. The molecule has 3 N–H and O–H groups in total. The first-order chi connectivity index (χ1) is 18.8. The third-order valence-electron chi connectivity index (χ3n) is 7.62. The van der Waals surface area contributed by atoms with E-state index in [9.17, 15) is 14.7 Å². The average molecular weight is 588 g/mol. The van der Waals surface area contributed by atoms with Crippen LogP contribution in [0.4, 0.5) is 4.39 Å². The number of primary amides is 1. The molecule has 1 aromatic heterocycles. The Bertz CT molecular complexity index is 1470. The van der Waals surface area contributed by atoms with Crippen LogP contribution in [-0.4, -0.2) is 33.4 Å². The molecule has 1 fully saturated rings. The summed E-state index contributed by atoms with van der Waals surface area (Å²) in [6.07, 6.45) is 2.49. The molecule has 3 aromatic rings. The van der Waals surface area contributed by atoms with Crippen molar-refractivity contribution >= 4 is 35.0 Å². The number of benzene rings is 2. The number of nitrogens with zero attached hydrogens (tertiary/aromatic N) is 2. The molecule has 0 radical (unpaired) electrons. The van der Waals surface area contributed by atoms with E-state index in [2.05, 4.69) is 4.98 Å². The predicted molar refractivity (Wildman–Crippen MR) is 146 cm³/mol. The van der Waals surface area contributed by atoms with E-state index in [1.807, 2.05) is 0 Å². The van der Waals surface area contributed by atoms with Gasteiger partial charge in [-0.25, -0.2) is 9.28 Å². The highest BCUT2D eigenvalue weighted by Gasteiger charge is 2.58. The van der Waals surface area contributed by atoms with Gasteiger partial charge in [-0.05, 0) is 75.6 Å². The van der Waals surface area contributed by atoms with Gasteiger partial charge in [-0.2, -0.15) is 4.89 Å². The van der Waals surface area contributed by atoms with Gasteiger partial charge in [0.1, 0.15) is 5.82 Å². The lowest BCUT2D eigenvalue weighted by atomic mass is 9.88. The van der Waals surface area contributed by atoms with Crippen LogP contribution in [0, 0.1) is 11.2 Å². The van der Waals surface area contributed by atoms with Gasteiger partial charge in [-0.15, -0.1) is 0 Å². The number of amides is 2. The van der Waals surface area contributed by atoms with Crippen molar-refractivity contribution in [3.8, 4) is 0 Å². The van der Waals surface area contributed by atoms with Gasteiger partial charge >= 0.3 is 0 Å². The van der Waals surface area contributed by atoms with Crippen LogP contribution in [0.25, 0.3) is 0 Å². The predicted octanol–water partition coefficient (Wildman–Crippen LogP) is 5.39. The quantitative estimate of drug-likeness (QED) is 0.256. The zero-order valence-electron chi connectivity index (χ0n) is 22.1. The molecule has 11 heteroatoms. The van der Waals surface area contributed by atoms with Gasteiger partial charge in [-0.3, -0.25) is 19.5 Å². The fourth-order valence-corrected chi connectivity index (χ4v) is 5.25. The molecule has 0 saturated heterocycles. The van der Waals surface area contributed by atoms with Crippen molar-refractivity contribution in [1.29, 1.82) is 0 Å². The van der Waals surface area contributed by atoms with Crippen molar-refractivity contribution in [2.45, 2.75) is 51.0 Å². The minimum Gasteiger partial charge on any atom is -0.386 e. The van der Waals surface area contributed by atoms with Gasteiger partial charge in [0.25, 0.3) is 5.91 Å². The van der Waals surface area contributed by atoms with E-state index in [1.165, 1.54) is 37.1 Å². The van der Waals surface area contributed by atoms with E-state index in [0.717, 1.165) is 0 Å². The van der Waals surface area contributed by atoms with Crippen LogP contribution in [0.3, 0.4) is 0 Å². The summed E-state index contributed by atoms with van der Waals surface area (Å²) in [6.45, 7) is 4.52. The first-order valence-corrected chi connectivity index (χ1v) is 13.4. The molecule has 40 heavy (non-hydrogen) atoms. The maximum absolute atomic E-state index is 16.2. The van der Waals surface area contributed by atoms with Crippen molar-refractivity contribution in [1.82, 2.24) is 9.88 Å². The number of aliphatic hydroxyl groups is 1. The van der Waals surface area contributed by atoms with Crippen LogP contribution in [0.1, 0.15) is 72.4 Å². The normalized spacial score (nSPS) is 20.4. The number of nitrogens with two attached hydrogens (primary N) is 1. The van der Waals surface area contributed by atoms with Gasteiger partial charge in [0, 0.05) is 16.8 Å². The molecule has 2 atom stereocenters. The molecular formula is C29H28Cl2FN3O5. The summed E-state index contributed by atoms with van der Waals surface area (Å²) in [4.78, 5) is 43.8. The lowest BCUT2D eigenvalue weighted by Gasteiger charge is -2.41. The van der Waals surface area contributed by atoms with Gasteiger partial charge in [0.15, 0.2) is 0 Å². The standard InChI is InChI=1S/C29H28Cl2FN3O5/c1-16(23-9-8-20(31)14-34-23)35-25(36)21-12-18(27(2,3)38)13-22(32)24(21)29(35,17-4-6-19(30)7-5-17)40-39-15-28(10-11-28)26(33)37/h4-9,12-14,16,38H,10-11,15H2,1-3H3,(H2,33,37)/t16-,29-/m1/s1. The fourth-order valence-electron chi connectivity index (χ4n) is 5.01. The zero-order valence-corrected chi connectivity index (χ0v) is 23.6. The number of halogens is 3. The Morgan fingerprint density at radius 3 is 2.38 bits per heavy atom. The minimum absolute atomic E-state index is 0.0208. The molecule has 8 nitrogen and oxygen atoms in total. The van der Waals surface area contributed by atoms with E-state index >= 15 is 4.39 Å². The first kappa shape index (κ1) is 28.4. The Morgan fingerprint density at radius 1 is 1.18 bits per heavy atom. The highest BCUT2D eigenvalue weighted by molar-refractivity contribution is 6.30. The molecule has 0 spiro atoms. The second-order valence-corrected chi connectivity index (χ2v) is 11.7. The topological polar surface area (TPSA) is 115 Å². The Balaban J connectivity index is 1.73. The van der Waals surface area contributed by atoms with Crippen LogP contribution in [0.5, 0.6) is 0 Å². The van der Waals surface area contributed by atoms with Crippen molar-refractivity contribution < 1.29 is 28.9 Å². The molecule has 2 heterocycles. The van der Waals surface area contributed by atoms with Gasteiger partial charge < -0.3 is 10.8 Å². The second-order valence-electron chi connectivity index (χ2n) is 10.8. The number of pyridine rings is 1. The number of hydrogen-bond donors (Lipinski definition) is 2. The molecule has 0 bridgehead atoms. The Hall–Kier alpha value is -3.08. The summed E-state index contributed by atoms with van der Waals surface area (Å²) in [7, 11) is 0. The Kier molecular flexibility index (Phi) is 7.17. The van der Waals surface area contributed by atoms with Crippen molar-refractivity contribution in [3.05, 3.63) is 98.5 Å². The molecule has 2 aromatic carbocycles. The van der Waals surface area contributed by atoms with Gasteiger partial charge in [-0.1, -0.05) is 35.3 Å². The molecule has 2 aliphatic rings. The van der Waals surface area contributed by atoms with E-state index in [4.69, 9.17) is 38.7 Å². The average Bonchev–Trinajstić information content (AvgIpc) is 3.64. The second kappa shape index (κ2) is 10.1. The third kappa shape index (κ3) is 4.76. The SMILES string of the molecule is C[C@H](c1ccc(Cl)cn1)N1C(=O)c2cc(C(C)(C)O)cc(F)c2[C@]1(OOCC1(C(N)=O)CC1)c1ccc(Cl)cc1. The van der Waals surface area contributed by atoms with Crippen LogP contribution < -0.4 is 5.73 Å². The maximum atomic E-state index is 16.2. The maximum Gasteiger partial charge on any atom is 0.257 e. The third-order valence-corrected chi connectivity index (χ3v) is 8.09. The highest BCUT2D eigenvalue weighted by Crippen LogP contribution is 2.52. The lowest BCUT2D eigenvalue weighted by Crippen LogP contribution is -2.49. The van der Waals surface area contributed by atoms with Crippen LogP contribution in [-0.2, 0) is 25.9 Å². The number of carbonyl (C=O) groups excluding carboxylic acids is 2. The van der Waals surface area contributed by atoms with Crippen molar-refractivity contribution in [2.24, 2.45) is 11.1 Å². The number of rotatable bonds is 9. The molecule has 0 unspecified atom stereocenters. The highest BCUT2D eigenvalue weighted by atomic mass is 35.5. The van der Waals surface area contributed by atoms with Gasteiger partial charge in [0.2, 0.25) is 11.6 Å². The molecule has 1 aliphatic heterocycles. The van der Waals surface area contributed by atoms with Crippen molar-refractivity contribution in [2.75, 3.05) is 6.61 Å². The fraction of sp³-hybridized carbons (Fsp3) is 0.345. The summed E-state index contributed by atoms with van der Waals surface area (Å²) >= 11 is 12.2. The summed E-state index contributed by atoms with van der Waals surface area (Å²) in [5.74, 6) is -1.91. The lowest BCUT2D eigenvalue weighted by molar-refractivity contribution is -0.389. The summed E-state index contributed by atoms with van der Waals surface area (Å²) in [5, 5.41) is 11.5. The molecule has 1 aliphatic carbocycles. The van der Waals surface area contributed by atoms with E-state index in [1.54, 1.807) is 43.3 Å². The molecule has 5 rings (SSSR count). The number of fused-ring (bicyclic) bond motifs is 1. The van der Waals surface area contributed by atoms with Crippen LogP contribution in [0.2, 0.25) is 10.0 Å². The van der Waals surface area contributed by atoms with E-state index in [0.29, 0.717) is 34.1 Å². The monoisotopic (exact) mass is 587 g/mol. The molecular weight excluding hydrogens is 560 g/mol. The molecule has 2 amide bonds. The number of hydrogen-bond acceptors (Lipinski definition) is 6. The van der Waals surface area contributed by atoms with E-state index < -0.39 is 40.4 Å². The first-order valence-electron chi connectivity index (χ1n) is 12.7. The minimum atomic E-state index is -1.96. The van der Waals surface area contributed by atoms with Crippen molar-refractivity contribution in [3.63, 3.8) is 0 Å². The van der Waals surface area contributed by atoms with Crippen LogP contribution >= 0.6 is 23.2 Å². The Morgan fingerprint density at radius 2 is 1.82 bits per heavy atom. The Labute approximate surface area is 240 Å². The molecule has 1 saturated carbocycles. The number of aromatic nitrogens is 1. The number of carbonyl (C=O) groups is 2. The van der Waals surface area contributed by atoms with Crippen LogP contribution in [0.15, 0.2) is 54.7 Å². The smallest absolute Gasteiger partial charge is 0.257 e. The summed E-state index contributed by atoms with van der Waals surface area (Å²) in [5.41, 5.74) is 2.13. The summed E-state index contributed by atoms with van der Waals surface area (Å²) < 4.78 is 16.2. The molecule has 210 valence electrons. The largest absolute Gasteiger partial charge is 0.386 e. The summed E-state index contributed by atoms with van der Waals surface area (Å²) in [6, 6.07) is 11.5. The van der Waals surface area contributed by atoms with E-state index in [-0.39, 0.29) is 23.3 Å².